The minimum atomic E-state index is -1.13. The van der Waals surface area contributed by atoms with Crippen molar-refractivity contribution in [1.82, 2.24) is 43.6 Å². The molecule has 1 aliphatic carbocycles. The van der Waals surface area contributed by atoms with Crippen molar-refractivity contribution in [3.05, 3.63) is 73.8 Å². The van der Waals surface area contributed by atoms with Crippen molar-refractivity contribution in [2.24, 2.45) is 0 Å². The summed E-state index contributed by atoms with van der Waals surface area (Å²) in [6.07, 6.45) is 21.6. The maximum Gasteiger partial charge on any atom is 0.410 e. The number of nitriles is 2. The van der Waals surface area contributed by atoms with Crippen LogP contribution in [0.2, 0.25) is 51.4 Å². The number of carbonyl (C=O) groups excluding carboxylic acids is 1. The van der Waals surface area contributed by atoms with Crippen LogP contribution in [-0.4, -0.2) is 111 Å². The summed E-state index contributed by atoms with van der Waals surface area (Å²) in [7, 11) is -2.22. The zero-order chi connectivity index (χ0) is 50.2. The Balaban J connectivity index is 0.000000190. The van der Waals surface area contributed by atoms with Crippen LogP contribution in [0.1, 0.15) is 65.7 Å². The molecule has 0 spiro atoms. The maximum absolute atomic E-state index is 12.5. The number of likely N-dealkylation sites (tertiary alicyclic amines) is 1. The second kappa shape index (κ2) is 22.2. The molecular formula is C52H73N11O5Si2. The van der Waals surface area contributed by atoms with Crippen molar-refractivity contribution in [1.29, 1.82) is 10.5 Å². The van der Waals surface area contributed by atoms with Gasteiger partial charge in [0.2, 0.25) is 0 Å². The van der Waals surface area contributed by atoms with E-state index in [1.165, 1.54) is 12.8 Å². The lowest BCUT2D eigenvalue weighted by molar-refractivity contribution is -0.0314. The smallest absolute Gasteiger partial charge is 0.410 e. The van der Waals surface area contributed by atoms with Crippen LogP contribution in [0, 0.1) is 22.7 Å². The lowest BCUT2D eigenvalue weighted by atomic mass is 9.75. The van der Waals surface area contributed by atoms with Crippen LogP contribution in [0.3, 0.4) is 0 Å². The highest BCUT2D eigenvalue weighted by Crippen LogP contribution is 2.42. The van der Waals surface area contributed by atoms with Gasteiger partial charge in [0.25, 0.3) is 0 Å². The molecule has 6 aromatic heterocycles. The number of fused-ring (bicyclic) bond motifs is 2. The Bertz CT molecular complexity index is 2760. The number of hydrogen-bond acceptors (Lipinski definition) is 11. The van der Waals surface area contributed by atoms with Crippen LogP contribution in [0.15, 0.2) is 73.8 Å². The Morgan fingerprint density at radius 1 is 0.714 bits per heavy atom. The Hall–Kier alpha value is -5.64. The lowest BCUT2D eigenvalue weighted by Gasteiger charge is -2.48. The van der Waals surface area contributed by atoms with Crippen LogP contribution in [0.5, 0.6) is 0 Å². The third-order valence-electron chi connectivity index (χ3n) is 13.1. The molecule has 18 heteroatoms. The molecule has 0 unspecified atom stereocenters. The van der Waals surface area contributed by atoms with Gasteiger partial charge in [0.15, 0.2) is 0 Å². The Morgan fingerprint density at radius 2 is 1.19 bits per heavy atom. The molecule has 2 aliphatic heterocycles. The highest BCUT2D eigenvalue weighted by atomic mass is 28.3. The number of amides is 1. The van der Waals surface area contributed by atoms with Gasteiger partial charge in [-0.2, -0.15) is 20.7 Å². The summed E-state index contributed by atoms with van der Waals surface area (Å²) in [6.45, 7) is 24.9. The zero-order valence-electron chi connectivity index (χ0n) is 42.9. The minimum absolute atomic E-state index is 0.116. The van der Waals surface area contributed by atoms with Gasteiger partial charge in [-0.3, -0.25) is 9.36 Å². The van der Waals surface area contributed by atoms with Gasteiger partial charge in [-0.25, -0.2) is 14.8 Å². The van der Waals surface area contributed by atoms with Gasteiger partial charge in [0, 0.05) is 102 Å². The summed E-state index contributed by atoms with van der Waals surface area (Å²) in [4.78, 5) is 23.3. The largest absolute Gasteiger partial charge is 0.444 e. The molecule has 0 N–H and O–H groups in total. The van der Waals surface area contributed by atoms with Crippen LogP contribution in [0.25, 0.3) is 44.3 Å². The van der Waals surface area contributed by atoms with Crippen LogP contribution < -0.4 is 0 Å². The molecule has 16 nitrogen and oxygen atoms in total. The fraction of sp³-hybridized carbons (Fsp3) is 0.558. The number of ether oxygens (including phenoxy) is 4. The second-order valence-corrected chi connectivity index (χ2v) is 33.7. The molecule has 0 bridgehead atoms. The van der Waals surface area contributed by atoms with E-state index in [1.807, 2.05) is 84.0 Å². The molecule has 70 heavy (non-hydrogen) atoms. The third kappa shape index (κ3) is 13.0. The van der Waals surface area contributed by atoms with E-state index in [2.05, 4.69) is 94.5 Å². The van der Waals surface area contributed by atoms with Crippen molar-refractivity contribution < 1.29 is 23.7 Å². The molecule has 0 atom stereocenters. The zero-order valence-corrected chi connectivity index (χ0v) is 44.9. The van der Waals surface area contributed by atoms with Gasteiger partial charge < -0.3 is 33.0 Å². The predicted molar refractivity (Wildman–Crippen MR) is 278 cm³/mol. The molecule has 1 amide bonds. The van der Waals surface area contributed by atoms with Crippen molar-refractivity contribution >= 4 is 44.3 Å². The molecular weight excluding hydrogens is 915 g/mol. The predicted octanol–water partition coefficient (Wildman–Crippen LogP) is 10.9. The van der Waals surface area contributed by atoms with E-state index in [0.717, 1.165) is 102 Å². The van der Waals surface area contributed by atoms with Gasteiger partial charge in [-0.05, 0) is 100 Å². The average molecular weight is 988 g/mol. The first-order valence-electron chi connectivity index (χ1n) is 24.8. The highest BCUT2D eigenvalue weighted by Gasteiger charge is 2.49. The molecule has 3 aliphatic rings. The molecule has 374 valence electrons. The number of carbonyl (C=O) groups is 1. The molecule has 0 aromatic carbocycles. The number of aromatic nitrogens is 8. The normalized spacial score (nSPS) is 16.3. The second-order valence-electron chi connectivity index (χ2n) is 22.4. The Morgan fingerprint density at radius 3 is 1.59 bits per heavy atom. The van der Waals surface area contributed by atoms with E-state index in [-0.39, 0.29) is 18.1 Å². The summed E-state index contributed by atoms with van der Waals surface area (Å²) in [5.41, 5.74) is 4.69. The summed E-state index contributed by atoms with van der Waals surface area (Å²) in [5.74, 6) is 0. The average Bonchev–Trinajstić information content (AvgIpc) is 4.14. The first-order valence-corrected chi connectivity index (χ1v) is 32.2. The van der Waals surface area contributed by atoms with E-state index in [1.54, 1.807) is 11.1 Å². The fourth-order valence-corrected chi connectivity index (χ4v) is 10.3. The molecule has 0 radical (unpaired) electrons. The Kier molecular flexibility index (Phi) is 16.6. The summed E-state index contributed by atoms with van der Waals surface area (Å²) in [5, 5.41) is 30.1. The summed E-state index contributed by atoms with van der Waals surface area (Å²) in [6, 6.07) is 15.1. The van der Waals surface area contributed by atoms with E-state index >= 15 is 0 Å². The van der Waals surface area contributed by atoms with Crippen LogP contribution in [0.4, 0.5) is 4.79 Å². The SMILES string of the molecule is C1CCOC1.CC(C)(C)OC(=O)N1CC(CC#N)(n2cc(-c3ccnc4c3ccn4COCC[Si](C)(C)C)cn2)C1.C[Si](C)(C)CCOCn1ccc2c(-c3cnn(C4(CC#N)CCC4)c3)ccnc21. The minimum Gasteiger partial charge on any atom is -0.444 e. The quantitative estimate of drug-likeness (QED) is 0.0666. The lowest BCUT2D eigenvalue weighted by Crippen LogP contribution is -2.64. The van der Waals surface area contributed by atoms with Gasteiger partial charge in [0.1, 0.15) is 35.9 Å². The summed E-state index contributed by atoms with van der Waals surface area (Å²) >= 11 is 0. The van der Waals surface area contributed by atoms with Gasteiger partial charge in [0.05, 0.1) is 56.0 Å². The van der Waals surface area contributed by atoms with E-state index in [9.17, 15) is 15.3 Å². The van der Waals surface area contributed by atoms with E-state index in [4.69, 9.17) is 18.9 Å². The fourth-order valence-electron chi connectivity index (χ4n) is 8.75. The van der Waals surface area contributed by atoms with Crippen LogP contribution >= 0.6 is 0 Å². The molecule has 2 saturated heterocycles. The first-order chi connectivity index (χ1) is 33.3. The van der Waals surface area contributed by atoms with Gasteiger partial charge in [-0.1, -0.05) is 39.3 Å². The monoisotopic (exact) mass is 988 g/mol. The third-order valence-corrected chi connectivity index (χ3v) is 16.5. The van der Waals surface area contributed by atoms with Crippen molar-refractivity contribution in [3.8, 4) is 34.4 Å². The number of pyridine rings is 2. The molecule has 8 heterocycles. The first kappa shape index (κ1) is 52.2. The van der Waals surface area contributed by atoms with Gasteiger partial charge in [-0.15, -0.1) is 0 Å². The van der Waals surface area contributed by atoms with Gasteiger partial charge >= 0.3 is 6.09 Å². The van der Waals surface area contributed by atoms with Crippen molar-refractivity contribution in [2.45, 2.75) is 147 Å². The Labute approximate surface area is 415 Å². The number of nitrogens with zero attached hydrogens (tertiary/aromatic N) is 11. The van der Waals surface area contributed by atoms with Crippen molar-refractivity contribution in [2.75, 3.05) is 39.5 Å². The van der Waals surface area contributed by atoms with Crippen LogP contribution in [-0.2, 0) is 43.5 Å². The molecule has 1 saturated carbocycles. The number of hydrogen-bond donors (Lipinski definition) is 0. The maximum atomic E-state index is 12.5. The standard InChI is InChI=1S/C26H36N6O3Si.C22H29N5OSi.C4H8O/c1-25(2,3)35-24(33)31-17-26(18-31,9-10-27)32-16-20(15-29-32)21-7-11-28-23-22(21)8-12-30(23)19-34-13-14-36(4,5)6;1-29(2,3)14-13-28-17-26-12-6-20-19(5-11-24-21(20)26)18-15-25-27(16-18)22(9-10-23)7-4-8-22;1-2-4-5-3-1/h7-8,11-12,15-16H,9,13-14,17-19H2,1-6H3;5-6,11-12,15-16H,4,7-9,13-14,17H2,1-3H3;1-4H2. The molecule has 6 aromatic rings. The highest BCUT2D eigenvalue weighted by molar-refractivity contribution is 6.76. The molecule has 3 fully saturated rings. The van der Waals surface area contributed by atoms with E-state index in [0.29, 0.717) is 33.0 Å². The summed E-state index contributed by atoms with van der Waals surface area (Å²) < 4.78 is 30.2. The number of rotatable bonds is 16. The van der Waals surface area contributed by atoms with E-state index < -0.39 is 27.3 Å². The topological polar surface area (TPSA) is 176 Å². The molecule has 9 rings (SSSR count). The van der Waals surface area contributed by atoms with Crippen molar-refractivity contribution in [3.63, 3.8) is 0 Å².